The molecule has 0 aliphatic rings. The summed E-state index contributed by atoms with van der Waals surface area (Å²) in [5.41, 5.74) is 7.32. The van der Waals surface area contributed by atoms with Gasteiger partial charge in [-0.3, -0.25) is 4.98 Å². The number of thiophene rings is 1. The summed E-state index contributed by atoms with van der Waals surface area (Å²) in [4.78, 5) is 5.75. The highest BCUT2D eigenvalue weighted by Crippen LogP contribution is 2.29. The van der Waals surface area contributed by atoms with E-state index in [-0.39, 0.29) is 6.04 Å². The number of hydrogen-bond acceptors (Lipinski definition) is 3. The zero-order chi connectivity index (χ0) is 13.2. The molecule has 1 unspecified atom stereocenters. The Bertz CT molecular complexity index is 703. The average molecular weight is 333 g/mol. The maximum Gasteiger partial charge on any atom is 0.0652 e. The Morgan fingerprint density at radius 2 is 2.05 bits per heavy atom. The molecule has 0 bridgehead atoms. The minimum Gasteiger partial charge on any atom is -0.322 e. The van der Waals surface area contributed by atoms with Crippen LogP contribution in [-0.4, -0.2) is 4.98 Å². The van der Waals surface area contributed by atoms with Gasteiger partial charge in [-0.15, -0.1) is 11.3 Å². The molecule has 0 saturated carbocycles. The quantitative estimate of drug-likeness (QED) is 0.776. The van der Waals surface area contributed by atoms with Gasteiger partial charge in [-0.1, -0.05) is 24.3 Å². The molecule has 96 valence electrons. The van der Waals surface area contributed by atoms with Crippen LogP contribution in [-0.2, 0) is 6.42 Å². The van der Waals surface area contributed by atoms with E-state index in [9.17, 15) is 0 Å². The van der Waals surface area contributed by atoms with Crippen LogP contribution in [0.5, 0.6) is 0 Å². The van der Waals surface area contributed by atoms with Gasteiger partial charge < -0.3 is 5.73 Å². The van der Waals surface area contributed by atoms with Gasteiger partial charge in [0.05, 0.1) is 11.7 Å². The zero-order valence-corrected chi connectivity index (χ0v) is 12.6. The van der Waals surface area contributed by atoms with Crippen LogP contribution in [0.1, 0.15) is 16.6 Å². The van der Waals surface area contributed by atoms with Crippen molar-refractivity contribution in [3.8, 4) is 0 Å². The van der Waals surface area contributed by atoms with Gasteiger partial charge in [0.2, 0.25) is 0 Å². The van der Waals surface area contributed by atoms with E-state index in [1.807, 2.05) is 24.4 Å². The third-order valence-electron chi connectivity index (χ3n) is 3.15. The number of nitrogens with two attached hydrogens (primary N) is 1. The summed E-state index contributed by atoms with van der Waals surface area (Å²) in [6.45, 7) is 0. The van der Waals surface area contributed by atoms with Crippen molar-refractivity contribution < 1.29 is 0 Å². The number of pyridine rings is 1. The van der Waals surface area contributed by atoms with Gasteiger partial charge in [0, 0.05) is 27.4 Å². The van der Waals surface area contributed by atoms with Crippen molar-refractivity contribution in [2.24, 2.45) is 5.73 Å². The first kappa shape index (κ1) is 12.8. The Hall–Kier alpha value is -1.23. The molecular formula is C15H13BrN2S. The highest BCUT2D eigenvalue weighted by Gasteiger charge is 2.14. The fraction of sp³-hybridized carbons (Fsp3) is 0.133. The third kappa shape index (κ3) is 2.56. The molecule has 0 saturated heterocycles. The number of rotatable bonds is 3. The van der Waals surface area contributed by atoms with Gasteiger partial charge in [0.25, 0.3) is 0 Å². The van der Waals surface area contributed by atoms with Crippen molar-refractivity contribution in [1.82, 2.24) is 4.98 Å². The molecule has 0 radical (unpaired) electrons. The summed E-state index contributed by atoms with van der Waals surface area (Å²) in [6.07, 6.45) is 2.64. The van der Waals surface area contributed by atoms with Crippen LogP contribution in [0.3, 0.4) is 0 Å². The molecule has 4 heteroatoms. The van der Waals surface area contributed by atoms with E-state index in [0.717, 1.165) is 22.0 Å². The molecule has 3 aromatic rings. The summed E-state index contributed by atoms with van der Waals surface area (Å²) < 4.78 is 1.13. The lowest BCUT2D eigenvalue weighted by molar-refractivity contribution is 0.710. The molecule has 0 amide bonds. The predicted molar refractivity (Wildman–Crippen MR) is 84.4 cm³/mol. The average Bonchev–Trinajstić information content (AvgIpc) is 2.83. The topological polar surface area (TPSA) is 38.9 Å². The van der Waals surface area contributed by atoms with Crippen LogP contribution in [0.15, 0.2) is 52.4 Å². The number of nitrogens with zero attached hydrogens (tertiary/aromatic N) is 1. The largest absolute Gasteiger partial charge is 0.322 e. The van der Waals surface area contributed by atoms with E-state index in [0.29, 0.717) is 0 Å². The zero-order valence-electron chi connectivity index (χ0n) is 10.2. The van der Waals surface area contributed by atoms with Crippen molar-refractivity contribution in [2.45, 2.75) is 12.5 Å². The van der Waals surface area contributed by atoms with Gasteiger partial charge in [0.15, 0.2) is 0 Å². The van der Waals surface area contributed by atoms with E-state index in [2.05, 4.69) is 44.5 Å². The first-order valence-electron chi connectivity index (χ1n) is 6.07. The number of halogens is 1. The van der Waals surface area contributed by atoms with Gasteiger partial charge in [-0.2, -0.15) is 0 Å². The molecule has 1 aromatic carbocycles. The third-order valence-corrected chi connectivity index (χ3v) is 5.10. The van der Waals surface area contributed by atoms with Gasteiger partial charge >= 0.3 is 0 Å². The SMILES string of the molecule is NC(Cc1sccc1Br)c1nccc2ccccc12. The van der Waals surface area contributed by atoms with Crippen LogP contribution in [0.25, 0.3) is 10.8 Å². The maximum atomic E-state index is 6.34. The highest BCUT2D eigenvalue weighted by atomic mass is 79.9. The lowest BCUT2D eigenvalue weighted by atomic mass is 10.0. The lowest BCUT2D eigenvalue weighted by Gasteiger charge is -2.13. The first-order valence-corrected chi connectivity index (χ1v) is 7.74. The predicted octanol–water partition coefficient (Wildman–Crippen LogP) is 4.30. The Balaban J connectivity index is 1.98. The van der Waals surface area contributed by atoms with Crippen LogP contribution in [0.2, 0.25) is 0 Å². The van der Waals surface area contributed by atoms with E-state index in [4.69, 9.17) is 5.73 Å². The molecule has 2 N–H and O–H groups in total. The Labute approximate surface area is 124 Å². The van der Waals surface area contributed by atoms with Crippen molar-refractivity contribution >= 4 is 38.0 Å². The Morgan fingerprint density at radius 1 is 1.21 bits per heavy atom. The number of fused-ring (bicyclic) bond motifs is 1. The molecule has 0 spiro atoms. The smallest absolute Gasteiger partial charge is 0.0652 e. The summed E-state index contributed by atoms with van der Waals surface area (Å²) in [5.74, 6) is 0. The fourth-order valence-corrected chi connectivity index (χ4v) is 3.78. The van der Waals surface area contributed by atoms with Crippen LogP contribution >= 0.6 is 27.3 Å². The summed E-state index contributed by atoms with van der Waals surface area (Å²) >= 11 is 5.27. The van der Waals surface area contributed by atoms with Crippen molar-refractivity contribution in [1.29, 1.82) is 0 Å². The molecule has 19 heavy (non-hydrogen) atoms. The summed E-state index contributed by atoms with van der Waals surface area (Å²) in [7, 11) is 0. The number of benzene rings is 1. The molecule has 0 fully saturated rings. The standard InChI is InChI=1S/C15H13BrN2S/c16-12-6-8-19-14(12)9-13(17)15-11-4-2-1-3-10(11)5-7-18-15/h1-8,13H,9,17H2. The van der Waals surface area contributed by atoms with E-state index >= 15 is 0 Å². The van der Waals surface area contributed by atoms with E-state index < -0.39 is 0 Å². The molecular weight excluding hydrogens is 320 g/mol. The summed E-state index contributed by atoms with van der Waals surface area (Å²) in [5, 5.41) is 4.40. The minimum absolute atomic E-state index is 0.0824. The first-order chi connectivity index (χ1) is 9.25. The maximum absolute atomic E-state index is 6.34. The van der Waals surface area contributed by atoms with Gasteiger partial charge in [-0.05, 0) is 38.8 Å². The molecule has 2 aromatic heterocycles. The second-order valence-electron chi connectivity index (χ2n) is 4.42. The highest BCUT2D eigenvalue weighted by molar-refractivity contribution is 9.10. The van der Waals surface area contributed by atoms with Crippen molar-refractivity contribution in [3.05, 3.63) is 63.0 Å². The molecule has 0 aliphatic carbocycles. The van der Waals surface area contributed by atoms with Crippen LogP contribution in [0.4, 0.5) is 0 Å². The molecule has 1 atom stereocenters. The minimum atomic E-state index is -0.0824. The number of hydrogen-bond donors (Lipinski definition) is 1. The molecule has 2 heterocycles. The second kappa shape index (κ2) is 5.41. The molecule has 2 nitrogen and oxygen atoms in total. The van der Waals surface area contributed by atoms with E-state index in [1.54, 1.807) is 11.3 Å². The van der Waals surface area contributed by atoms with Crippen molar-refractivity contribution in [3.63, 3.8) is 0 Å². The summed E-state index contributed by atoms with van der Waals surface area (Å²) in [6, 6.07) is 12.2. The van der Waals surface area contributed by atoms with Gasteiger partial charge in [0.1, 0.15) is 0 Å². The monoisotopic (exact) mass is 332 g/mol. The van der Waals surface area contributed by atoms with Crippen molar-refractivity contribution in [2.75, 3.05) is 0 Å². The normalized spacial score (nSPS) is 12.7. The Morgan fingerprint density at radius 3 is 2.84 bits per heavy atom. The van der Waals surface area contributed by atoms with Crippen LogP contribution in [0, 0.1) is 0 Å². The molecule has 0 aliphatic heterocycles. The fourth-order valence-electron chi connectivity index (χ4n) is 2.21. The van der Waals surface area contributed by atoms with E-state index in [1.165, 1.54) is 10.3 Å². The molecule has 3 rings (SSSR count). The second-order valence-corrected chi connectivity index (χ2v) is 6.27. The van der Waals surface area contributed by atoms with Gasteiger partial charge in [-0.25, -0.2) is 0 Å². The Kier molecular flexibility index (Phi) is 3.64. The lowest BCUT2D eigenvalue weighted by Crippen LogP contribution is -2.15. The number of aromatic nitrogens is 1. The van der Waals surface area contributed by atoms with Crippen LogP contribution < -0.4 is 5.73 Å².